The first-order chi connectivity index (χ1) is 10.7. The number of halogens is 1. The number of carboxylic acid groups (broad SMARTS) is 1. The van der Waals surface area contributed by atoms with E-state index in [0.29, 0.717) is 18.9 Å². The van der Waals surface area contributed by atoms with Gasteiger partial charge in [-0.1, -0.05) is 19.8 Å². The van der Waals surface area contributed by atoms with E-state index in [1.807, 2.05) is 11.6 Å². The largest absolute Gasteiger partial charge is 0.480 e. The Morgan fingerprint density at radius 2 is 2.04 bits per heavy atom. The van der Waals surface area contributed by atoms with Gasteiger partial charge in [-0.05, 0) is 24.6 Å². The van der Waals surface area contributed by atoms with Gasteiger partial charge in [0.15, 0.2) is 0 Å². The Bertz CT molecular complexity index is 689. The Hall–Kier alpha value is -2.00. The summed E-state index contributed by atoms with van der Waals surface area (Å²) < 4.78 is 44.5. The zero-order valence-electron chi connectivity index (χ0n) is 12.7. The molecule has 0 aliphatic carbocycles. The zero-order chi connectivity index (χ0) is 17.6. The summed E-state index contributed by atoms with van der Waals surface area (Å²) in [6.45, 7) is 1.83. The van der Waals surface area contributed by atoms with Crippen molar-refractivity contribution in [1.29, 1.82) is 0 Å². The van der Waals surface area contributed by atoms with Crippen molar-refractivity contribution in [1.82, 2.24) is 4.72 Å². The summed E-state index contributed by atoms with van der Waals surface area (Å²) in [6.07, 6.45) is 1.25. The molecule has 23 heavy (non-hydrogen) atoms. The van der Waals surface area contributed by atoms with Gasteiger partial charge in [-0.2, -0.15) is 4.72 Å². The van der Waals surface area contributed by atoms with Crippen LogP contribution in [0.1, 0.15) is 36.5 Å². The summed E-state index contributed by atoms with van der Waals surface area (Å²) >= 11 is 0. The molecule has 0 fully saturated rings. The lowest BCUT2D eigenvalue weighted by molar-refractivity contribution is -0.139. The second-order valence-corrected chi connectivity index (χ2v) is 6.47. The zero-order valence-corrected chi connectivity index (χ0v) is 13.5. The fraction of sp³-hybridized carbons (Fsp3) is 0.429. The van der Waals surface area contributed by atoms with Gasteiger partial charge in [0.05, 0.1) is 17.6 Å². The number of carbonyl (C=O) groups excluding carboxylic acids is 1. The minimum atomic E-state index is -4.41. The predicted molar refractivity (Wildman–Crippen MR) is 79.0 cm³/mol. The fourth-order valence-electron chi connectivity index (χ4n) is 1.89. The molecule has 9 heteroatoms. The summed E-state index contributed by atoms with van der Waals surface area (Å²) in [7, 11) is -3.36. The first kappa shape index (κ1) is 19.0. The first-order valence-electron chi connectivity index (χ1n) is 6.86. The van der Waals surface area contributed by atoms with E-state index in [-0.39, 0.29) is 12.0 Å². The molecule has 0 bridgehead atoms. The molecule has 1 rings (SSSR count). The number of aliphatic carboxylic acids is 1. The number of rotatable bonds is 8. The van der Waals surface area contributed by atoms with Crippen molar-refractivity contribution in [2.75, 3.05) is 7.11 Å². The standard InChI is InChI=1S/C14H18FNO6S/c1-3-4-5-11(13(17)18)16-23(20,21)12-8-9(15)6-7-10(12)14(19)22-2/h6-8,11,16H,3-5H2,1-2H3,(H,17,18)/t11-/m0/s1. The molecule has 0 unspecified atom stereocenters. The molecule has 0 saturated heterocycles. The molecule has 1 aromatic rings. The summed E-state index contributed by atoms with van der Waals surface area (Å²) in [5, 5.41) is 9.10. The summed E-state index contributed by atoms with van der Waals surface area (Å²) in [5.74, 6) is -3.19. The Morgan fingerprint density at radius 3 is 2.57 bits per heavy atom. The number of unbranched alkanes of at least 4 members (excludes halogenated alkanes) is 1. The van der Waals surface area contributed by atoms with E-state index in [1.54, 1.807) is 0 Å². The molecule has 0 aliphatic rings. The highest BCUT2D eigenvalue weighted by Gasteiger charge is 2.29. The normalized spacial score (nSPS) is 12.7. The Morgan fingerprint density at radius 1 is 1.39 bits per heavy atom. The molecule has 2 N–H and O–H groups in total. The Kier molecular flexibility index (Phi) is 6.64. The summed E-state index contributed by atoms with van der Waals surface area (Å²) in [4.78, 5) is 22.1. The lowest BCUT2D eigenvalue weighted by atomic mass is 10.1. The van der Waals surface area contributed by atoms with Crippen LogP contribution in [0.4, 0.5) is 4.39 Å². The monoisotopic (exact) mass is 347 g/mol. The highest BCUT2D eigenvalue weighted by atomic mass is 32.2. The third-order valence-corrected chi connectivity index (χ3v) is 4.59. The third kappa shape index (κ3) is 5.00. The number of carboxylic acids is 1. The number of esters is 1. The van der Waals surface area contributed by atoms with Crippen LogP contribution in [0, 0.1) is 5.82 Å². The van der Waals surface area contributed by atoms with Gasteiger partial charge >= 0.3 is 11.9 Å². The molecule has 0 radical (unpaired) electrons. The average Bonchev–Trinajstić information content (AvgIpc) is 2.50. The summed E-state index contributed by atoms with van der Waals surface area (Å²) in [6, 6.07) is 1.16. The number of ether oxygens (including phenoxy) is 1. The van der Waals surface area contributed by atoms with Crippen molar-refractivity contribution >= 4 is 22.0 Å². The van der Waals surface area contributed by atoms with Gasteiger partial charge in [0.2, 0.25) is 10.0 Å². The molecule has 1 atom stereocenters. The minimum absolute atomic E-state index is 0.0773. The van der Waals surface area contributed by atoms with Crippen molar-refractivity contribution in [2.45, 2.75) is 37.1 Å². The SMILES string of the molecule is CCCC[C@H](NS(=O)(=O)c1cc(F)ccc1C(=O)OC)C(=O)O. The van der Waals surface area contributed by atoms with Crippen molar-refractivity contribution < 1.29 is 32.2 Å². The number of methoxy groups -OCH3 is 1. The number of benzene rings is 1. The number of sulfonamides is 1. The number of hydrogen-bond acceptors (Lipinski definition) is 5. The summed E-state index contributed by atoms with van der Waals surface area (Å²) in [5.41, 5.74) is -0.374. The smallest absolute Gasteiger partial charge is 0.339 e. The van der Waals surface area contributed by atoms with Crippen LogP contribution in [0.25, 0.3) is 0 Å². The Labute approximate surface area is 133 Å². The maximum absolute atomic E-state index is 13.4. The van der Waals surface area contributed by atoms with Gasteiger partial charge in [0.1, 0.15) is 11.9 Å². The van der Waals surface area contributed by atoms with E-state index in [1.165, 1.54) is 0 Å². The molecule has 7 nitrogen and oxygen atoms in total. The van der Waals surface area contributed by atoms with Gasteiger partial charge in [-0.3, -0.25) is 4.79 Å². The van der Waals surface area contributed by atoms with Crippen LogP contribution in [-0.2, 0) is 19.6 Å². The molecule has 0 amide bonds. The van der Waals surface area contributed by atoms with Crippen molar-refractivity contribution in [3.63, 3.8) is 0 Å². The van der Waals surface area contributed by atoms with Crippen LogP contribution < -0.4 is 4.72 Å². The van der Waals surface area contributed by atoms with E-state index in [0.717, 1.165) is 19.2 Å². The van der Waals surface area contributed by atoms with E-state index in [4.69, 9.17) is 5.11 Å². The lowest BCUT2D eigenvalue weighted by Gasteiger charge is -2.16. The average molecular weight is 347 g/mol. The topological polar surface area (TPSA) is 110 Å². The second-order valence-electron chi connectivity index (χ2n) is 4.79. The predicted octanol–water partition coefficient (Wildman–Crippen LogP) is 1.53. The van der Waals surface area contributed by atoms with Gasteiger partial charge in [0, 0.05) is 0 Å². The molecule has 0 heterocycles. The highest BCUT2D eigenvalue weighted by molar-refractivity contribution is 7.89. The van der Waals surface area contributed by atoms with Crippen molar-refractivity contribution in [3.05, 3.63) is 29.6 Å². The highest BCUT2D eigenvalue weighted by Crippen LogP contribution is 2.19. The van der Waals surface area contributed by atoms with Crippen molar-refractivity contribution in [3.8, 4) is 0 Å². The van der Waals surface area contributed by atoms with Crippen LogP contribution in [0.2, 0.25) is 0 Å². The first-order valence-corrected chi connectivity index (χ1v) is 8.34. The van der Waals surface area contributed by atoms with E-state index >= 15 is 0 Å². The molecule has 0 aliphatic heterocycles. The molecule has 128 valence electrons. The van der Waals surface area contributed by atoms with E-state index in [9.17, 15) is 22.4 Å². The maximum atomic E-state index is 13.4. The molecule has 0 aromatic heterocycles. The third-order valence-electron chi connectivity index (χ3n) is 3.08. The van der Waals surface area contributed by atoms with Gasteiger partial charge in [-0.25, -0.2) is 17.6 Å². The molecule has 0 spiro atoms. The van der Waals surface area contributed by atoms with Crippen LogP contribution in [0.5, 0.6) is 0 Å². The molecule has 1 aromatic carbocycles. The van der Waals surface area contributed by atoms with Crippen LogP contribution in [-0.4, -0.2) is 38.6 Å². The van der Waals surface area contributed by atoms with Crippen molar-refractivity contribution in [2.24, 2.45) is 0 Å². The molecular formula is C14H18FNO6S. The lowest BCUT2D eigenvalue weighted by Crippen LogP contribution is -2.41. The van der Waals surface area contributed by atoms with Gasteiger partial charge in [-0.15, -0.1) is 0 Å². The van der Waals surface area contributed by atoms with E-state index < -0.39 is 38.7 Å². The van der Waals surface area contributed by atoms with Crippen LogP contribution in [0.3, 0.4) is 0 Å². The maximum Gasteiger partial charge on any atom is 0.339 e. The molecule has 0 saturated carbocycles. The van der Waals surface area contributed by atoms with Gasteiger partial charge < -0.3 is 9.84 Å². The molecular weight excluding hydrogens is 329 g/mol. The van der Waals surface area contributed by atoms with Gasteiger partial charge in [0.25, 0.3) is 0 Å². The second kappa shape index (κ2) is 8.02. The minimum Gasteiger partial charge on any atom is -0.480 e. The van der Waals surface area contributed by atoms with Crippen LogP contribution in [0.15, 0.2) is 23.1 Å². The fourth-order valence-corrected chi connectivity index (χ4v) is 3.32. The van der Waals surface area contributed by atoms with Crippen LogP contribution >= 0.6 is 0 Å². The number of carbonyl (C=O) groups is 2. The van der Waals surface area contributed by atoms with E-state index in [2.05, 4.69) is 4.74 Å². The number of nitrogens with one attached hydrogen (secondary N) is 1. The number of hydrogen-bond donors (Lipinski definition) is 2. The quantitative estimate of drug-likeness (QED) is 0.690. The Balaban J connectivity index is 3.24.